The van der Waals surface area contributed by atoms with E-state index in [1.165, 1.54) is 0 Å². The Bertz CT molecular complexity index is 676. The van der Waals surface area contributed by atoms with Crippen LogP contribution in [0.15, 0.2) is 30.5 Å². The first kappa shape index (κ1) is 13.5. The molecule has 1 atom stereocenters. The summed E-state index contributed by atoms with van der Waals surface area (Å²) in [4.78, 5) is 8.89. The van der Waals surface area contributed by atoms with Gasteiger partial charge in [-0.1, -0.05) is 12.1 Å². The third-order valence-corrected chi connectivity index (χ3v) is 3.58. The predicted molar refractivity (Wildman–Crippen MR) is 78.6 cm³/mol. The zero-order valence-corrected chi connectivity index (χ0v) is 11.8. The van der Waals surface area contributed by atoms with Crippen LogP contribution in [-0.2, 0) is 17.8 Å². The maximum atomic E-state index is 8.82. The number of aromatic nitrogens is 2. The van der Waals surface area contributed by atoms with E-state index in [1.807, 2.05) is 37.4 Å². The Morgan fingerprint density at radius 2 is 2.14 bits per heavy atom. The molecule has 5 nitrogen and oxygen atoms in total. The molecule has 0 radical (unpaired) electrons. The second-order valence-corrected chi connectivity index (χ2v) is 5.07. The fraction of sp³-hybridized carbons (Fsp3) is 0.312. The highest BCUT2D eigenvalue weighted by molar-refractivity contribution is 5.37. The van der Waals surface area contributed by atoms with Gasteiger partial charge in [0.15, 0.2) is 0 Å². The zero-order chi connectivity index (χ0) is 14.7. The molecule has 3 rings (SSSR count). The van der Waals surface area contributed by atoms with Gasteiger partial charge in [0.05, 0.1) is 36.6 Å². The van der Waals surface area contributed by atoms with Crippen molar-refractivity contribution in [2.45, 2.75) is 26.0 Å². The van der Waals surface area contributed by atoms with E-state index in [1.54, 1.807) is 0 Å². The number of benzene rings is 1. The molecule has 0 saturated carbocycles. The molecule has 5 heteroatoms. The van der Waals surface area contributed by atoms with Crippen LogP contribution < -0.4 is 5.32 Å². The van der Waals surface area contributed by atoms with Crippen molar-refractivity contribution < 1.29 is 4.74 Å². The maximum absolute atomic E-state index is 8.82. The molecule has 0 fully saturated rings. The lowest BCUT2D eigenvalue weighted by atomic mass is 10.1. The summed E-state index contributed by atoms with van der Waals surface area (Å²) in [6.45, 7) is 3.36. The van der Waals surface area contributed by atoms with Crippen molar-refractivity contribution in [2.24, 2.45) is 0 Å². The van der Waals surface area contributed by atoms with Crippen LogP contribution in [0.1, 0.15) is 35.3 Å². The van der Waals surface area contributed by atoms with E-state index in [4.69, 9.17) is 10.00 Å². The molecule has 0 saturated heterocycles. The summed E-state index contributed by atoms with van der Waals surface area (Å²) in [5.41, 5.74) is 3.89. The number of rotatable bonds is 3. The van der Waals surface area contributed by atoms with Gasteiger partial charge in [-0.15, -0.1) is 0 Å². The van der Waals surface area contributed by atoms with Crippen LogP contribution in [0, 0.1) is 11.3 Å². The van der Waals surface area contributed by atoms with Crippen LogP contribution in [0.25, 0.3) is 0 Å². The van der Waals surface area contributed by atoms with Crippen LogP contribution in [-0.4, -0.2) is 16.6 Å². The van der Waals surface area contributed by atoms with Crippen LogP contribution in [0.2, 0.25) is 0 Å². The lowest BCUT2D eigenvalue weighted by Crippen LogP contribution is -2.15. The van der Waals surface area contributed by atoms with Gasteiger partial charge in [0, 0.05) is 18.2 Å². The number of nitriles is 1. The van der Waals surface area contributed by atoms with Gasteiger partial charge >= 0.3 is 0 Å². The second kappa shape index (κ2) is 5.90. The minimum Gasteiger partial charge on any atom is -0.376 e. The normalized spacial score (nSPS) is 14.9. The number of hydrogen-bond donors (Lipinski definition) is 1. The molecule has 2 heterocycles. The van der Waals surface area contributed by atoms with Crippen LogP contribution in [0.3, 0.4) is 0 Å². The van der Waals surface area contributed by atoms with Gasteiger partial charge in [-0.3, -0.25) is 0 Å². The average molecular weight is 280 g/mol. The highest BCUT2D eigenvalue weighted by atomic mass is 16.5. The Kier molecular flexibility index (Phi) is 3.80. The van der Waals surface area contributed by atoms with E-state index in [9.17, 15) is 0 Å². The third-order valence-electron chi connectivity index (χ3n) is 3.58. The molecule has 0 amide bonds. The molecule has 106 valence electrons. The Hall–Kier alpha value is -2.45. The molecule has 0 spiro atoms. The maximum Gasteiger partial charge on any atom is 0.223 e. The molecule has 1 aliphatic rings. The van der Waals surface area contributed by atoms with Crippen molar-refractivity contribution in [1.82, 2.24) is 9.97 Å². The van der Waals surface area contributed by atoms with Gasteiger partial charge in [-0.05, 0) is 24.6 Å². The first-order valence-electron chi connectivity index (χ1n) is 6.95. The first-order chi connectivity index (χ1) is 10.3. The quantitative estimate of drug-likeness (QED) is 0.935. The van der Waals surface area contributed by atoms with Crippen molar-refractivity contribution in [2.75, 3.05) is 11.9 Å². The summed E-state index contributed by atoms with van der Waals surface area (Å²) < 4.78 is 5.38. The molecule has 1 aliphatic heterocycles. The monoisotopic (exact) mass is 280 g/mol. The van der Waals surface area contributed by atoms with Crippen molar-refractivity contribution in [3.05, 3.63) is 52.8 Å². The number of ether oxygens (including phenoxy) is 1. The average Bonchev–Trinajstić information content (AvgIpc) is 2.55. The van der Waals surface area contributed by atoms with E-state index in [0.717, 1.165) is 23.2 Å². The fourth-order valence-corrected chi connectivity index (χ4v) is 2.32. The number of nitrogens with zero attached hydrogens (tertiary/aromatic N) is 3. The molecule has 0 bridgehead atoms. The lowest BCUT2D eigenvalue weighted by Gasteiger charge is -2.18. The van der Waals surface area contributed by atoms with Gasteiger partial charge in [0.1, 0.15) is 0 Å². The predicted octanol–water partition coefficient (Wildman–Crippen LogP) is 2.59. The summed E-state index contributed by atoms with van der Waals surface area (Å²) in [6, 6.07) is 9.73. The van der Waals surface area contributed by atoms with Crippen LogP contribution in [0.5, 0.6) is 0 Å². The van der Waals surface area contributed by atoms with Gasteiger partial charge in [0.25, 0.3) is 0 Å². The molecular weight excluding hydrogens is 264 g/mol. The summed E-state index contributed by atoms with van der Waals surface area (Å²) in [6.07, 6.45) is 2.66. The Balaban J connectivity index is 1.74. The highest BCUT2D eigenvalue weighted by Crippen LogP contribution is 2.20. The molecular formula is C16H16N4O. The van der Waals surface area contributed by atoms with E-state index in [0.29, 0.717) is 24.7 Å². The van der Waals surface area contributed by atoms with Crippen molar-refractivity contribution in [3.63, 3.8) is 0 Å². The Labute approximate surface area is 123 Å². The van der Waals surface area contributed by atoms with Gasteiger partial charge < -0.3 is 10.1 Å². The van der Waals surface area contributed by atoms with E-state index < -0.39 is 0 Å². The summed E-state index contributed by atoms with van der Waals surface area (Å²) >= 11 is 0. The minimum atomic E-state index is 0.0793. The molecule has 1 aromatic heterocycles. The Morgan fingerprint density at radius 1 is 1.33 bits per heavy atom. The largest absolute Gasteiger partial charge is 0.376 e. The number of fused-ring (bicyclic) bond motifs is 1. The molecule has 1 aromatic carbocycles. The standard InChI is InChI=1S/C16H16N4O/c1-11(13-4-2-12(8-17)3-5-13)19-16-18-9-14-10-21-7-6-15(14)20-16/h2-5,9,11H,6-7,10H2,1H3,(H,18,19,20). The van der Waals surface area contributed by atoms with Gasteiger partial charge in [0.2, 0.25) is 5.95 Å². The smallest absolute Gasteiger partial charge is 0.223 e. The molecule has 1 N–H and O–H groups in total. The minimum absolute atomic E-state index is 0.0793. The molecule has 0 aliphatic carbocycles. The number of nitrogens with one attached hydrogen (secondary N) is 1. The summed E-state index contributed by atoms with van der Waals surface area (Å²) in [5.74, 6) is 0.632. The lowest BCUT2D eigenvalue weighted by molar-refractivity contribution is 0.109. The van der Waals surface area contributed by atoms with Gasteiger partial charge in [-0.25, -0.2) is 9.97 Å². The highest BCUT2D eigenvalue weighted by Gasteiger charge is 2.13. The Morgan fingerprint density at radius 3 is 2.90 bits per heavy atom. The van der Waals surface area contributed by atoms with E-state index in [2.05, 4.69) is 21.4 Å². The fourth-order valence-electron chi connectivity index (χ4n) is 2.32. The molecule has 21 heavy (non-hydrogen) atoms. The second-order valence-electron chi connectivity index (χ2n) is 5.07. The number of anilines is 1. The van der Waals surface area contributed by atoms with Crippen LogP contribution in [0.4, 0.5) is 5.95 Å². The zero-order valence-electron chi connectivity index (χ0n) is 11.8. The topological polar surface area (TPSA) is 70.8 Å². The van der Waals surface area contributed by atoms with Gasteiger partial charge in [-0.2, -0.15) is 5.26 Å². The van der Waals surface area contributed by atoms with E-state index >= 15 is 0 Å². The first-order valence-corrected chi connectivity index (χ1v) is 6.95. The van der Waals surface area contributed by atoms with Crippen molar-refractivity contribution >= 4 is 5.95 Å². The van der Waals surface area contributed by atoms with Crippen molar-refractivity contribution in [3.8, 4) is 6.07 Å². The van der Waals surface area contributed by atoms with E-state index in [-0.39, 0.29) is 6.04 Å². The summed E-state index contributed by atoms with van der Waals surface area (Å²) in [5, 5.41) is 12.1. The molecule has 2 aromatic rings. The van der Waals surface area contributed by atoms with Crippen LogP contribution >= 0.6 is 0 Å². The summed E-state index contributed by atoms with van der Waals surface area (Å²) in [7, 11) is 0. The molecule has 1 unspecified atom stereocenters. The van der Waals surface area contributed by atoms with Crippen molar-refractivity contribution in [1.29, 1.82) is 5.26 Å². The number of hydrogen-bond acceptors (Lipinski definition) is 5. The third kappa shape index (κ3) is 3.01. The SMILES string of the molecule is CC(Nc1ncc2c(n1)CCOC2)c1ccc(C#N)cc1.